The monoisotopic (exact) mass is 635 g/mol. The van der Waals surface area contributed by atoms with Gasteiger partial charge in [0.05, 0.1) is 33.1 Å². The van der Waals surface area contributed by atoms with E-state index in [2.05, 4.69) is 32.6 Å². The molecule has 2 aromatic rings. The van der Waals surface area contributed by atoms with Gasteiger partial charge >= 0.3 is 0 Å². The number of rotatable bonds is 18. The quantitative estimate of drug-likeness (QED) is 0.120. The fraction of sp³-hybridized carbons (Fsp3) is 0.590. The van der Waals surface area contributed by atoms with Crippen LogP contribution in [0.2, 0.25) is 0 Å². The SMILES string of the molecule is CCCCC(CC)COc1cc(/C=C2/C(=O)C3CCN2CC3)ccc1OC.CCCCC(CC)COc1cc(C=O)ccc1OC. The number of aldehydes is 1. The lowest BCUT2D eigenvalue weighted by Gasteiger charge is -2.41. The first-order valence-corrected chi connectivity index (χ1v) is 17.5. The van der Waals surface area contributed by atoms with Gasteiger partial charge in [-0.15, -0.1) is 0 Å². The first-order valence-electron chi connectivity index (χ1n) is 17.5. The second-order valence-electron chi connectivity index (χ2n) is 12.5. The zero-order valence-corrected chi connectivity index (χ0v) is 29.1. The molecule has 254 valence electrons. The first-order chi connectivity index (χ1) is 22.4. The van der Waals surface area contributed by atoms with Gasteiger partial charge in [0, 0.05) is 24.6 Å². The zero-order valence-electron chi connectivity index (χ0n) is 29.1. The van der Waals surface area contributed by atoms with Crippen molar-refractivity contribution in [2.75, 3.05) is 40.5 Å². The highest BCUT2D eigenvalue weighted by atomic mass is 16.5. The van der Waals surface area contributed by atoms with Gasteiger partial charge in [-0.3, -0.25) is 9.59 Å². The van der Waals surface area contributed by atoms with E-state index in [0.717, 1.165) is 67.8 Å². The molecular formula is C39H57NO6. The molecule has 3 saturated heterocycles. The zero-order chi connectivity index (χ0) is 33.3. The Hall–Kier alpha value is -3.48. The summed E-state index contributed by atoms with van der Waals surface area (Å²) in [4.78, 5) is 25.6. The van der Waals surface area contributed by atoms with Crippen molar-refractivity contribution in [1.29, 1.82) is 0 Å². The van der Waals surface area contributed by atoms with Gasteiger partial charge < -0.3 is 23.8 Å². The van der Waals surface area contributed by atoms with E-state index in [9.17, 15) is 9.59 Å². The van der Waals surface area contributed by atoms with E-state index in [1.807, 2.05) is 24.3 Å². The maximum Gasteiger partial charge on any atom is 0.182 e. The number of carbonyl (C=O) groups excluding carboxylic acids is 2. The van der Waals surface area contributed by atoms with E-state index < -0.39 is 0 Å². The number of allylic oxidation sites excluding steroid dienone is 1. The molecule has 0 N–H and O–H groups in total. The number of methoxy groups -OCH3 is 2. The van der Waals surface area contributed by atoms with Crippen molar-refractivity contribution in [3.05, 3.63) is 53.2 Å². The van der Waals surface area contributed by atoms with Gasteiger partial charge in [0.25, 0.3) is 0 Å². The minimum atomic E-state index is 0.221. The molecule has 2 bridgehead atoms. The molecule has 0 aliphatic carbocycles. The predicted molar refractivity (Wildman–Crippen MR) is 186 cm³/mol. The fourth-order valence-electron chi connectivity index (χ4n) is 6.05. The number of hydrogen-bond acceptors (Lipinski definition) is 7. The Morgan fingerprint density at radius 1 is 0.761 bits per heavy atom. The summed E-state index contributed by atoms with van der Waals surface area (Å²) >= 11 is 0. The third kappa shape index (κ3) is 10.8. The summed E-state index contributed by atoms with van der Waals surface area (Å²) in [5, 5.41) is 0. The van der Waals surface area contributed by atoms with E-state index in [0.29, 0.717) is 47.9 Å². The molecule has 7 nitrogen and oxygen atoms in total. The number of benzene rings is 2. The molecule has 3 aliphatic rings. The molecule has 2 aromatic carbocycles. The van der Waals surface area contributed by atoms with Crippen molar-refractivity contribution in [3.63, 3.8) is 0 Å². The lowest BCUT2D eigenvalue weighted by atomic mass is 9.84. The van der Waals surface area contributed by atoms with Gasteiger partial charge in [0.1, 0.15) is 6.29 Å². The van der Waals surface area contributed by atoms with Crippen LogP contribution in [0.4, 0.5) is 0 Å². The normalized spacial score (nSPS) is 16.4. The summed E-state index contributed by atoms with van der Waals surface area (Å²) < 4.78 is 22.7. The van der Waals surface area contributed by atoms with E-state index in [1.54, 1.807) is 32.4 Å². The maximum absolute atomic E-state index is 12.6. The average molecular weight is 636 g/mol. The molecule has 2 unspecified atom stereocenters. The van der Waals surface area contributed by atoms with Gasteiger partial charge in [-0.25, -0.2) is 0 Å². The smallest absolute Gasteiger partial charge is 0.182 e. The number of unbranched alkanes of at least 4 members (excludes halogenated alkanes) is 2. The molecule has 0 amide bonds. The number of carbonyl (C=O) groups is 2. The molecule has 0 saturated carbocycles. The summed E-state index contributed by atoms with van der Waals surface area (Å²) in [5.74, 6) is 4.50. The second-order valence-corrected chi connectivity index (χ2v) is 12.5. The number of piperidine rings is 3. The average Bonchev–Trinajstić information content (AvgIpc) is 3.10. The van der Waals surface area contributed by atoms with Crippen molar-refractivity contribution in [2.24, 2.45) is 17.8 Å². The molecule has 5 rings (SSSR count). The van der Waals surface area contributed by atoms with Crippen molar-refractivity contribution in [2.45, 2.75) is 91.9 Å². The molecule has 7 heteroatoms. The number of Topliss-reactive ketones (excluding diaryl/α,β-unsaturated/α-hetero) is 1. The summed E-state index contributed by atoms with van der Waals surface area (Å²) in [6.07, 6.45) is 14.4. The molecule has 3 heterocycles. The van der Waals surface area contributed by atoms with E-state index in [4.69, 9.17) is 18.9 Å². The van der Waals surface area contributed by atoms with Crippen molar-refractivity contribution >= 4 is 18.1 Å². The Balaban J connectivity index is 0.000000268. The highest BCUT2D eigenvalue weighted by molar-refractivity contribution is 6.02. The molecular weight excluding hydrogens is 578 g/mol. The number of nitrogens with zero attached hydrogens (tertiary/aromatic N) is 1. The molecule has 3 aliphatic heterocycles. The second kappa shape index (κ2) is 19.9. The fourth-order valence-corrected chi connectivity index (χ4v) is 6.05. The Morgan fingerprint density at radius 3 is 1.70 bits per heavy atom. The highest BCUT2D eigenvalue weighted by Gasteiger charge is 2.36. The van der Waals surface area contributed by atoms with Gasteiger partial charge in [0.15, 0.2) is 28.8 Å². The Kier molecular flexibility index (Phi) is 16.0. The van der Waals surface area contributed by atoms with Crippen LogP contribution in [-0.4, -0.2) is 57.5 Å². The Labute approximate surface area is 277 Å². The van der Waals surface area contributed by atoms with E-state index in [-0.39, 0.29) is 5.92 Å². The molecule has 46 heavy (non-hydrogen) atoms. The van der Waals surface area contributed by atoms with Crippen molar-refractivity contribution < 1.29 is 28.5 Å². The minimum Gasteiger partial charge on any atom is -0.493 e. The molecule has 2 atom stereocenters. The lowest BCUT2D eigenvalue weighted by molar-refractivity contribution is -0.125. The van der Waals surface area contributed by atoms with Crippen LogP contribution in [0.1, 0.15) is 108 Å². The summed E-state index contributed by atoms with van der Waals surface area (Å²) in [5.41, 5.74) is 2.48. The van der Waals surface area contributed by atoms with Crippen LogP contribution >= 0.6 is 0 Å². The van der Waals surface area contributed by atoms with Gasteiger partial charge in [-0.05, 0) is 79.5 Å². The highest BCUT2D eigenvalue weighted by Crippen LogP contribution is 2.35. The van der Waals surface area contributed by atoms with E-state index >= 15 is 0 Å². The van der Waals surface area contributed by atoms with Crippen LogP contribution in [0.25, 0.3) is 6.08 Å². The van der Waals surface area contributed by atoms with Gasteiger partial charge in [-0.1, -0.05) is 72.3 Å². The number of ketones is 1. The van der Waals surface area contributed by atoms with E-state index in [1.165, 1.54) is 38.5 Å². The topological polar surface area (TPSA) is 74.3 Å². The molecule has 3 fully saturated rings. The lowest BCUT2D eigenvalue weighted by Crippen LogP contribution is -2.45. The van der Waals surface area contributed by atoms with Crippen LogP contribution in [-0.2, 0) is 4.79 Å². The van der Waals surface area contributed by atoms with Crippen LogP contribution < -0.4 is 18.9 Å². The standard InChI is InChI=1S/C23H33NO3.C16H24O3/c1-4-6-7-17(5-2)16-27-22-15-18(8-9-21(22)26-3)14-20-23(25)19-10-12-24(20)13-11-19;1-4-6-7-13(5-2)12-19-16-10-14(11-17)8-9-15(16)18-3/h8-9,14-15,17,19H,4-7,10-13,16H2,1-3H3;8-11,13H,4-7,12H2,1-3H3/b20-14-;. The summed E-state index contributed by atoms with van der Waals surface area (Å²) in [7, 11) is 3.28. The van der Waals surface area contributed by atoms with Crippen LogP contribution in [0, 0.1) is 17.8 Å². The van der Waals surface area contributed by atoms with Gasteiger partial charge in [0.2, 0.25) is 0 Å². The Morgan fingerprint density at radius 2 is 1.26 bits per heavy atom. The van der Waals surface area contributed by atoms with Crippen LogP contribution in [0.5, 0.6) is 23.0 Å². The predicted octanol–water partition coefficient (Wildman–Crippen LogP) is 9.03. The third-order valence-corrected chi connectivity index (χ3v) is 9.31. The molecule has 0 aromatic heterocycles. The number of hydrogen-bond donors (Lipinski definition) is 0. The van der Waals surface area contributed by atoms with Crippen molar-refractivity contribution in [3.8, 4) is 23.0 Å². The van der Waals surface area contributed by atoms with Crippen LogP contribution in [0.3, 0.4) is 0 Å². The van der Waals surface area contributed by atoms with Crippen molar-refractivity contribution in [1.82, 2.24) is 4.90 Å². The summed E-state index contributed by atoms with van der Waals surface area (Å²) in [6, 6.07) is 11.2. The largest absolute Gasteiger partial charge is 0.493 e. The van der Waals surface area contributed by atoms with Crippen LogP contribution in [0.15, 0.2) is 42.1 Å². The summed E-state index contributed by atoms with van der Waals surface area (Å²) in [6.45, 7) is 12.2. The maximum atomic E-state index is 12.6. The Bertz CT molecular complexity index is 1250. The molecule has 0 radical (unpaired) electrons. The minimum absolute atomic E-state index is 0.221. The third-order valence-electron chi connectivity index (χ3n) is 9.31. The number of ether oxygens (including phenoxy) is 4. The van der Waals surface area contributed by atoms with Gasteiger partial charge in [-0.2, -0.15) is 0 Å². The molecule has 0 spiro atoms. The number of fused-ring (bicyclic) bond motifs is 3. The first kappa shape index (κ1) is 37.0.